The molecule has 2 amide bonds. The molecule has 2 aromatic carbocycles. The average Bonchev–Trinajstić information content (AvgIpc) is 2.62. The highest BCUT2D eigenvalue weighted by Gasteiger charge is 2.22. The number of rotatable bonds is 7. The fourth-order valence-electron chi connectivity index (χ4n) is 2.41. The normalized spacial score (nSPS) is 11.3. The van der Waals surface area contributed by atoms with Crippen molar-refractivity contribution < 1.29 is 23.6 Å². The van der Waals surface area contributed by atoms with Crippen LogP contribution in [0, 0.1) is 15.9 Å². The standard InChI is InChI=1S/C18H18FN3O5/c1-2-27-18(24)21-14(12-6-4-3-5-7-12)11-17(23)20-15-10-13(19)8-9-16(15)22(25)26/h3-10,14H,2,11H2,1H3,(H,20,23)(H,21,24). The van der Waals surface area contributed by atoms with Gasteiger partial charge in [0.1, 0.15) is 11.5 Å². The van der Waals surface area contributed by atoms with Gasteiger partial charge < -0.3 is 15.4 Å². The maximum atomic E-state index is 13.4. The summed E-state index contributed by atoms with van der Waals surface area (Å²) in [4.78, 5) is 34.4. The van der Waals surface area contributed by atoms with Gasteiger partial charge in [-0.05, 0) is 18.6 Å². The Morgan fingerprint density at radius 3 is 2.56 bits per heavy atom. The average molecular weight is 375 g/mol. The number of benzene rings is 2. The number of ether oxygens (including phenoxy) is 1. The van der Waals surface area contributed by atoms with Crippen molar-refractivity contribution in [3.05, 3.63) is 70.0 Å². The van der Waals surface area contributed by atoms with E-state index >= 15 is 0 Å². The van der Waals surface area contributed by atoms with Gasteiger partial charge >= 0.3 is 6.09 Å². The molecule has 0 fully saturated rings. The minimum atomic E-state index is -0.724. The number of carbonyl (C=O) groups excluding carboxylic acids is 2. The predicted molar refractivity (Wildman–Crippen MR) is 95.6 cm³/mol. The lowest BCUT2D eigenvalue weighted by Crippen LogP contribution is -2.32. The summed E-state index contributed by atoms with van der Waals surface area (Å²) < 4.78 is 18.2. The van der Waals surface area contributed by atoms with Crippen molar-refractivity contribution in [1.29, 1.82) is 0 Å². The largest absolute Gasteiger partial charge is 0.450 e. The zero-order chi connectivity index (χ0) is 19.8. The lowest BCUT2D eigenvalue weighted by atomic mass is 10.0. The van der Waals surface area contributed by atoms with E-state index in [1.165, 1.54) is 0 Å². The van der Waals surface area contributed by atoms with Crippen molar-refractivity contribution in [2.24, 2.45) is 0 Å². The van der Waals surface area contributed by atoms with Crippen LogP contribution in [0.1, 0.15) is 24.9 Å². The molecule has 2 N–H and O–H groups in total. The van der Waals surface area contributed by atoms with Gasteiger partial charge in [-0.3, -0.25) is 14.9 Å². The monoisotopic (exact) mass is 375 g/mol. The summed E-state index contributed by atoms with van der Waals surface area (Å²) in [6, 6.07) is 10.7. The molecule has 8 nitrogen and oxygen atoms in total. The number of anilines is 1. The van der Waals surface area contributed by atoms with Crippen LogP contribution >= 0.6 is 0 Å². The molecule has 0 aliphatic carbocycles. The Hall–Kier alpha value is -3.49. The molecule has 0 aliphatic heterocycles. The SMILES string of the molecule is CCOC(=O)NC(CC(=O)Nc1cc(F)ccc1[N+](=O)[O-])c1ccccc1. The van der Waals surface area contributed by atoms with Crippen LogP contribution in [-0.2, 0) is 9.53 Å². The second-order valence-electron chi connectivity index (χ2n) is 5.50. The molecule has 0 bridgehead atoms. The zero-order valence-electron chi connectivity index (χ0n) is 14.5. The summed E-state index contributed by atoms with van der Waals surface area (Å²) in [6.45, 7) is 1.81. The molecular weight excluding hydrogens is 357 g/mol. The fourth-order valence-corrected chi connectivity index (χ4v) is 2.41. The molecule has 0 radical (unpaired) electrons. The van der Waals surface area contributed by atoms with Crippen LogP contribution < -0.4 is 10.6 Å². The number of carbonyl (C=O) groups is 2. The van der Waals surface area contributed by atoms with E-state index in [4.69, 9.17) is 4.74 Å². The number of nitrogens with one attached hydrogen (secondary N) is 2. The molecule has 0 aliphatic rings. The Labute approximate surface area is 154 Å². The van der Waals surface area contributed by atoms with Crippen LogP contribution in [0.25, 0.3) is 0 Å². The van der Waals surface area contributed by atoms with Crippen molar-refractivity contribution in [1.82, 2.24) is 5.32 Å². The summed E-state index contributed by atoms with van der Waals surface area (Å²) in [5.41, 5.74) is -0.0400. The Kier molecular flexibility index (Phi) is 6.81. The van der Waals surface area contributed by atoms with Crippen LogP contribution in [0.15, 0.2) is 48.5 Å². The molecular formula is C18H18FN3O5. The van der Waals surface area contributed by atoms with E-state index in [-0.39, 0.29) is 18.7 Å². The second-order valence-corrected chi connectivity index (χ2v) is 5.50. The van der Waals surface area contributed by atoms with Gasteiger partial charge in [0.15, 0.2) is 0 Å². The van der Waals surface area contributed by atoms with E-state index in [1.807, 2.05) is 0 Å². The Balaban J connectivity index is 2.17. The molecule has 0 saturated heterocycles. The third-order valence-corrected chi connectivity index (χ3v) is 3.59. The van der Waals surface area contributed by atoms with Gasteiger partial charge in [0, 0.05) is 12.1 Å². The molecule has 2 rings (SSSR count). The molecule has 0 spiro atoms. The first kappa shape index (κ1) is 19.8. The minimum absolute atomic E-state index is 0.162. The third-order valence-electron chi connectivity index (χ3n) is 3.59. The van der Waals surface area contributed by atoms with Gasteiger partial charge in [0.05, 0.1) is 24.0 Å². The van der Waals surface area contributed by atoms with Crippen molar-refractivity contribution >= 4 is 23.4 Å². The van der Waals surface area contributed by atoms with Crippen molar-refractivity contribution in [3.63, 3.8) is 0 Å². The van der Waals surface area contributed by atoms with E-state index in [9.17, 15) is 24.1 Å². The van der Waals surface area contributed by atoms with E-state index in [0.717, 1.165) is 18.2 Å². The van der Waals surface area contributed by atoms with Crippen LogP contribution in [0.4, 0.5) is 20.6 Å². The Morgan fingerprint density at radius 1 is 1.22 bits per heavy atom. The maximum Gasteiger partial charge on any atom is 0.407 e. The molecule has 0 saturated carbocycles. The van der Waals surface area contributed by atoms with Gasteiger partial charge in [0.25, 0.3) is 5.69 Å². The second kappa shape index (κ2) is 9.27. The van der Waals surface area contributed by atoms with Crippen molar-refractivity contribution in [2.75, 3.05) is 11.9 Å². The summed E-state index contributed by atoms with van der Waals surface area (Å²) in [5, 5.41) is 15.9. The van der Waals surface area contributed by atoms with Crippen LogP contribution in [-0.4, -0.2) is 23.5 Å². The number of nitro groups is 1. The number of hydrogen-bond acceptors (Lipinski definition) is 5. The van der Waals surface area contributed by atoms with E-state index < -0.39 is 34.5 Å². The molecule has 27 heavy (non-hydrogen) atoms. The quantitative estimate of drug-likeness (QED) is 0.568. The van der Waals surface area contributed by atoms with Crippen LogP contribution in [0.5, 0.6) is 0 Å². The molecule has 0 aromatic heterocycles. The number of hydrogen-bond donors (Lipinski definition) is 2. The minimum Gasteiger partial charge on any atom is -0.450 e. The number of nitro benzene ring substituents is 1. The molecule has 1 atom stereocenters. The van der Waals surface area contributed by atoms with Crippen LogP contribution in [0.3, 0.4) is 0 Å². The van der Waals surface area contributed by atoms with Gasteiger partial charge in [0.2, 0.25) is 5.91 Å². The number of nitrogens with zero attached hydrogens (tertiary/aromatic N) is 1. The third kappa shape index (κ3) is 5.77. The lowest BCUT2D eigenvalue weighted by molar-refractivity contribution is -0.384. The lowest BCUT2D eigenvalue weighted by Gasteiger charge is -2.18. The summed E-state index contributed by atoms with van der Waals surface area (Å²) in [6.07, 6.45) is -0.924. The Bertz CT molecular complexity index is 829. The molecule has 0 heterocycles. The molecule has 2 aromatic rings. The Morgan fingerprint density at radius 2 is 1.93 bits per heavy atom. The highest BCUT2D eigenvalue weighted by atomic mass is 19.1. The highest BCUT2D eigenvalue weighted by molar-refractivity contribution is 5.93. The molecule has 9 heteroatoms. The highest BCUT2D eigenvalue weighted by Crippen LogP contribution is 2.26. The maximum absolute atomic E-state index is 13.4. The van der Waals surface area contributed by atoms with E-state index in [0.29, 0.717) is 5.56 Å². The number of halogens is 1. The first-order valence-electron chi connectivity index (χ1n) is 8.12. The van der Waals surface area contributed by atoms with Gasteiger partial charge in [-0.25, -0.2) is 9.18 Å². The van der Waals surface area contributed by atoms with Gasteiger partial charge in [-0.15, -0.1) is 0 Å². The smallest absolute Gasteiger partial charge is 0.407 e. The molecule has 142 valence electrons. The fraction of sp³-hybridized carbons (Fsp3) is 0.222. The first-order chi connectivity index (χ1) is 12.9. The van der Waals surface area contributed by atoms with E-state index in [2.05, 4.69) is 10.6 Å². The summed E-state index contributed by atoms with van der Waals surface area (Å²) in [5.74, 6) is -1.35. The molecule has 1 unspecified atom stereocenters. The predicted octanol–water partition coefficient (Wildman–Crippen LogP) is 3.55. The van der Waals surface area contributed by atoms with Crippen LogP contribution in [0.2, 0.25) is 0 Å². The summed E-state index contributed by atoms with van der Waals surface area (Å²) in [7, 11) is 0. The summed E-state index contributed by atoms with van der Waals surface area (Å²) >= 11 is 0. The number of amides is 2. The topological polar surface area (TPSA) is 111 Å². The number of alkyl carbamates (subject to hydrolysis) is 1. The van der Waals surface area contributed by atoms with Gasteiger partial charge in [-0.2, -0.15) is 0 Å². The van der Waals surface area contributed by atoms with Gasteiger partial charge in [-0.1, -0.05) is 30.3 Å². The zero-order valence-corrected chi connectivity index (χ0v) is 14.5. The van der Waals surface area contributed by atoms with Crippen molar-refractivity contribution in [3.8, 4) is 0 Å². The van der Waals surface area contributed by atoms with Crippen molar-refractivity contribution in [2.45, 2.75) is 19.4 Å². The van der Waals surface area contributed by atoms with E-state index in [1.54, 1.807) is 37.3 Å². The first-order valence-corrected chi connectivity index (χ1v) is 8.12.